The van der Waals surface area contributed by atoms with Crippen LogP contribution in [-0.4, -0.2) is 22.7 Å². The van der Waals surface area contributed by atoms with E-state index in [1.165, 1.54) is 0 Å². The fraction of sp³-hybridized carbons (Fsp3) is 0.130. The van der Waals surface area contributed by atoms with E-state index >= 15 is 0 Å². The van der Waals surface area contributed by atoms with Gasteiger partial charge in [0.15, 0.2) is 0 Å². The van der Waals surface area contributed by atoms with Gasteiger partial charge in [0.1, 0.15) is 5.75 Å². The van der Waals surface area contributed by atoms with E-state index in [0.29, 0.717) is 22.8 Å². The summed E-state index contributed by atoms with van der Waals surface area (Å²) in [7, 11) is 0. The molecule has 0 amide bonds. The third-order valence-electron chi connectivity index (χ3n) is 5.21. The van der Waals surface area contributed by atoms with Crippen LogP contribution < -0.4 is 4.74 Å². The molecule has 144 valence electrons. The van der Waals surface area contributed by atoms with Crippen LogP contribution in [0.5, 0.6) is 5.75 Å². The zero-order chi connectivity index (χ0) is 20.0. The van der Waals surface area contributed by atoms with Gasteiger partial charge >= 0.3 is 0 Å². The number of nitrogens with zero attached hydrogens (tertiary/aromatic N) is 2. The molecule has 4 nitrogen and oxygen atoms in total. The highest BCUT2D eigenvalue weighted by molar-refractivity contribution is 9.10. The number of ether oxygens (including phenoxy) is 1. The van der Waals surface area contributed by atoms with Crippen LogP contribution in [-0.2, 0) is 0 Å². The van der Waals surface area contributed by atoms with Crippen LogP contribution in [0.15, 0.2) is 82.4 Å². The summed E-state index contributed by atoms with van der Waals surface area (Å²) in [6.07, 6.45) is -0.114. The number of hydrogen-bond donors (Lipinski definition) is 0. The molecular formula is C23H16BrClN2O2. The highest BCUT2D eigenvalue weighted by Crippen LogP contribution is 2.44. The maximum Gasteiger partial charge on any atom is 0.251 e. The van der Waals surface area contributed by atoms with Crippen molar-refractivity contribution < 1.29 is 9.53 Å². The van der Waals surface area contributed by atoms with Crippen LogP contribution >= 0.6 is 27.5 Å². The number of Topliss-reactive ketones (excluding diaryl/α,β-unsaturated/α-hetero) is 1. The summed E-state index contributed by atoms with van der Waals surface area (Å²) in [6.45, 7) is 0. The fourth-order valence-electron chi connectivity index (χ4n) is 3.79. The van der Waals surface area contributed by atoms with E-state index in [0.717, 1.165) is 21.3 Å². The molecule has 0 saturated heterocycles. The van der Waals surface area contributed by atoms with Crippen molar-refractivity contribution in [1.82, 2.24) is 5.01 Å². The van der Waals surface area contributed by atoms with Gasteiger partial charge in [0.05, 0.1) is 11.8 Å². The molecule has 0 N–H and O–H groups in total. The third-order valence-corrected chi connectivity index (χ3v) is 5.96. The van der Waals surface area contributed by atoms with Crippen LogP contribution in [0.3, 0.4) is 0 Å². The molecule has 0 bridgehead atoms. The Morgan fingerprint density at radius 3 is 2.59 bits per heavy atom. The number of hydrazone groups is 1. The Bertz CT molecular complexity index is 1120. The number of ketones is 1. The van der Waals surface area contributed by atoms with Crippen molar-refractivity contribution in [2.75, 3.05) is 0 Å². The van der Waals surface area contributed by atoms with Crippen molar-refractivity contribution >= 4 is 39.0 Å². The maximum atomic E-state index is 13.3. The van der Waals surface area contributed by atoms with E-state index in [2.05, 4.69) is 15.9 Å². The van der Waals surface area contributed by atoms with Crippen LogP contribution in [0.2, 0.25) is 5.02 Å². The normalized spacial score (nSPS) is 19.8. The molecular weight excluding hydrogens is 452 g/mol. The van der Waals surface area contributed by atoms with Gasteiger partial charge < -0.3 is 4.74 Å². The summed E-state index contributed by atoms with van der Waals surface area (Å²) >= 11 is 9.52. The minimum atomic E-state index is -0.823. The van der Waals surface area contributed by atoms with Gasteiger partial charge in [0.2, 0.25) is 5.78 Å². The average molecular weight is 468 g/mol. The maximum absolute atomic E-state index is 13.3. The van der Waals surface area contributed by atoms with Crippen LogP contribution in [0.4, 0.5) is 0 Å². The second kappa shape index (κ2) is 7.32. The number of carbonyl (C=O) groups is 1. The van der Waals surface area contributed by atoms with E-state index in [1.807, 2.05) is 48.5 Å². The predicted octanol–water partition coefficient (Wildman–Crippen LogP) is 5.86. The number of hydrogen-bond acceptors (Lipinski definition) is 4. The van der Waals surface area contributed by atoms with Gasteiger partial charge in [-0.05, 0) is 48.0 Å². The van der Waals surface area contributed by atoms with Gasteiger partial charge in [-0.2, -0.15) is 5.10 Å². The van der Waals surface area contributed by atoms with Crippen molar-refractivity contribution in [3.8, 4) is 5.75 Å². The molecule has 3 aromatic rings. The lowest BCUT2D eigenvalue weighted by Gasteiger charge is -2.37. The lowest BCUT2D eigenvalue weighted by atomic mass is 9.96. The molecule has 2 aliphatic rings. The standard InChI is InChI=1S/C23H16BrClN2O2/c24-16-8-11-21-18(12-16)20-13-19(14-4-2-1-3-5-14)26-27(20)23(29-21)22(28)15-6-9-17(25)10-7-15/h1-12,20,23H,13H2. The Balaban J connectivity index is 1.57. The van der Waals surface area contributed by atoms with Crippen LogP contribution in [0.25, 0.3) is 0 Å². The van der Waals surface area contributed by atoms with Crippen molar-refractivity contribution in [1.29, 1.82) is 0 Å². The first-order valence-electron chi connectivity index (χ1n) is 9.27. The topological polar surface area (TPSA) is 41.9 Å². The first-order valence-corrected chi connectivity index (χ1v) is 10.4. The number of rotatable bonds is 3. The van der Waals surface area contributed by atoms with Gasteiger partial charge in [0.25, 0.3) is 6.23 Å². The Kier molecular flexibility index (Phi) is 4.64. The molecule has 2 heterocycles. The summed E-state index contributed by atoms with van der Waals surface area (Å²) in [4.78, 5) is 13.3. The van der Waals surface area contributed by atoms with Gasteiger partial charge in [-0.1, -0.05) is 57.9 Å². The molecule has 3 aromatic carbocycles. The quantitative estimate of drug-likeness (QED) is 0.453. The minimum absolute atomic E-state index is 0.0623. The first-order chi connectivity index (χ1) is 14.1. The molecule has 0 saturated carbocycles. The third kappa shape index (κ3) is 3.34. The number of fused-ring (bicyclic) bond motifs is 3. The summed E-state index contributed by atoms with van der Waals surface area (Å²) in [6, 6.07) is 22.7. The molecule has 6 heteroatoms. The number of carbonyl (C=O) groups excluding carboxylic acids is 1. The Hall–Kier alpha value is -2.63. The van der Waals surface area contributed by atoms with Crippen molar-refractivity contribution in [3.63, 3.8) is 0 Å². The molecule has 29 heavy (non-hydrogen) atoms. The summed E-state index contributed by atoms with van der Waals surface area (Å²) < 4.78 is 7.11. The highest BCUT2D eigenvalue weighted by Gasteiger charge is 2.43. The van der Waals surface area contributed by atoms with Gasteiger partial charge in [-0.3, -0.25) is 4.79 Å². The summed E-state index contributed by atoms with van der Waals surface area (Å²) in [5.41, 5.74) is 3.56. The zero-order valence-electron chi connectivity index (χ0n) is 15.3. The molecule has 2 atom stereocenters. The molecule has 2 aliphatic heterocycles. The van der Waals surface area contributed by atoms with E-state index in [9.17, 15) is 4.79 Å². The van der Waals surface area contributed by atoms with Crippen molar-refractivity contribution in [2.45, 2.75) is 18.7 Å². The molecule has 0 spiro atoms. The molecule has 2 unspecified atom stereocenters. The molecule has 0 radical (unpaired) electrons. The van der Waals surface area contributed by atoms with Crippen molar-refractivity contribution in [3.05, 3.63) is 99.0 Å². The zero-order valence-corrected chi connectivity index (χ0v) is 17.6. The molecule has 0 aromatic heterocycles. The second-order valence-electron chi connectivity index (χ2n) is 7.04. The van der Waals surface area contributed by atoms with E-state index < -0.39 is 6.23 Å². The minimum Gasteiger partial charge on any atom is -0.461 e. The number of halogens is 2. The lowest BCUT2D eigenvalue weighted by molar-refractivity contribution is -0.00459. The molecule has 5 rings (SSSR count). The molecule has 0 aliphatic carbocycles. The van der Waals surface area contributed by atoms with Gasteiger partial charge in [-0.25, -0.2) is 5.01 Å². The fourth-order valence-corrected chi connectivity index (χ4v) is 4.30. The summed E-state index contributed by atoms with van der Waals surface area (Å²) in [5, 5.41) is 7.20. The molecule has 0 fully saturated rings. The second-order valence-corrected chi connectivity index (χ2v) is 8.39. The summed E-state index contributed by atoms with van der Waals surface area (Å²) in [5.74, 6) is 0.574. The highest BCUT2D eigenvalue weighted by atomic mass is 79.9. The van der Waals surface area contributed by atoms with E-state index in [-0.39, 0.29) is 11.8 Å². The Morgan fingerprint density at radius 2 is 1.83 bits per heavy atom. The monoisotopic (exact) mass is 466 g/mol. The Morgan fingerprint density at radius 1 is 1.07 bits per heavy atom. The lowest BCUT2D eigenvalue weighted by Crippen LogP contribution is -2.45. The van der Waals surface area contributed by atoms with E-state index in [1.54, 1.807) is 29.3 Å². The van der Waals surface area contributed by atoms with E-state index in [4.69, 9.17) is 21.4 Å². The number of benzene rings is 3. The predicted molar refractivity (Wildman–Crippen MR) is 117 cm³/mol. The van der Waals surface area contributed by atoms with Gasteiger partial charge in [0, 0.05) is 27.0 Å². The van der Waals surface area contributed by atoms with Crippen LogP contribution in [0, 0.1) is 0 Å². The SMILES string of the molecule is O=C(c1ccc(Cl)cc1)C1Oc2ccc(Br)cc2C2CC(c3ccccc3)=NN12. The first kappa shape index (κ1) is 18.4. The largest absolute Gasteiger partial charge is 0.461 e. The van der Waals surface area contributed by atoms with Crippen LogP contribution in [0.1, 0.15) is 33.9 Å². The Labute approximate surface area is 181 Å². The van der Waals surface area contributed by atoms with Crippen molar-refractivity contribution in [2.24, 2.45) is 5.10 Å². The average Bonchev–Trinajstić information content (AvgIpc) is 3.20. The smallest absolute Gasteiger partial charge is 0.251 e. The van der Waals surface area contributed by atoms with Gasteiger partial charge in [-0.15, -0.1) is 0 Å².